The fourth-order valence-electron chi connectivity index (χ4n) is 1.06. The van der Waals surface area contributed by atoms with Crippen LogP contribution in [-0.4, -0.2) is 33.9 Å². The summed E-state index contributed by atoms with van der Waals surface area (Å²) in [5, 5.41) is 21.4. The zero-order valence-corrected chi connectivity index (χ0v) is 10.2. The molecule has 0 aliphatic carbocycles. The van der Waals surface area contributed by atoms with Crippen LogP contribution in [0.2, 0.25) is 0 Å². The molecule has 0 aliphatic heterocycles. The van der Waals surface area contributed by atoms with E-state index in [0.29, 0.717) is 13.1 Å². The van der Waals surface area contributed by atoms with Crippen LogP contribution in [0.1, 0.15) is 12.6 Å². The van der Waals surface area contributed by atoms with Gasteiger partial charge in [0.15, 0.2) is 0 Å². The Bertz CT molecular complexity index is 318. The fraction of sp³-hybridized carbons (Fsp3) is 0.500. The second-order valence-electron chi connectivity index (χ2n) is 3.71. The van der Waals surface area contributed by atoms with Gasteiger partial charge in [0, 0.05) is 13.1 Å². The molecule has 4 nitrogen and oxygen atoms in total. The van der Waals surface area contributed by atoms with E-state index in [1.807, 2.05) is 18.2 Å². The van der Waals surface area contributed by atoms with Crippen molar-refractivity contribution in [2.75, 3.05) is 13.2 Å². The molecule has 0 spiro atoms. The summed E-state index contributed by atoms with van der Waals surface area (Å²) < 4.78 is 0.788. The lowest BCUT2D eigenvalue weighted by Gasteiger charge is -2.20. The number of halogens is 1. The van der Waals surface area contributed by atoms with Crippen LogP contribution in [0.25, 0.3) is 0 Å². The Morgan fingerprint density at radius 3 is 2.87 bits per heavy atom. The lowest BCUT2D eigenvalue weighted by molar-refractivity contribution is 0.00248. The van der Waals surface area contributed by atoms with Gasteiger partial charge in [0.05, 0.1) is 17.9 Å². The molecule has 0 saturated carbocycles. The third-order valence-electron chi connectivity index (χ3n) is 1.93. The number of hydrogen-bond acceptors (Lipinski definition) is 4. The molecule has 84 valence electrons. The largest absolute Gasteiger partial charge is 0.393 e. The number of nitrogens with zero attached hydrogens (tertiary/aromatic N) is 1. The van der Waals surface area contributed by atoms with Gasteiger partial charge in [-0.15, -0.1) is 0 Å². The summed E-state index contributed by atoms with van der Waals surface area (Å²) in [7, 11) is 0. The second kappa shape index (κ2) is 5.55. The first-order valence-corrected chi connectivity index (χ1v) is 5.48. The minimum Gasteiger partial charge on any atom is -0.393 e. The van der Waals surface area contributed by atoms with E-state index in [2.05, 4.69) is 26.2 Å². The van der Waals surface area contributed by atoms with Gasteiger partial charge in [-0.2, -0.15) is 0 Å². The molecule has 1 unspecified atom stereocenters. The molecule has 0 radical (unpaired) electrons. The van der Waals surface area contributed by atoms with Crippen molar-refractivity contribution in [2.45, 2.75) is 19.1 Å². The number of aromatic nitrogens is 1. The van der Waals surface area contributed by atoms with E-state index in [9.17, 15) is 5.11 Å². The molecule has 0 bridgehead atoms. The van der Waals surface area contributed by atoms with Gasteiger partial charge in [-0.1, -0.05) is 6.07 Å². The van der Waals surface area contributed by atoms with Gasteiger partial charge >= 0.3 is 0 Å². The highest BCUT2D eigenvalue weighted by Gasteiger charge is 2.17. The van der Waals surface area contributed by atoms with Crippen molar-refractivity contribution in [3.8, 4) is 0 Å². The lowest BCUT2D eigenvalue weighted by Crippen LogP contribution is -2.40. The predicted octanol–water partition coefficient (Wildman–Crippen LogP) is 0.677. The summed E-state index contributed by atoms with van der Waals surface area (Å²) in [5.41, 5.74) is -0.190. The number of rotatable bonds is 5. The average Bonchev–Trinajstić information content (AvgIpc) is 2.18. The van der Waals surface area contributed by atoms with Crippen molar-refractivity contribution in [2.24, 2.45) is 0 Å². The van der Waals surface area contributed by atoms with Crippen LogP contribution in [0, 0.1) is 0 Å². The van der Waals surface area contributed by atoms with Crippen molar-refractivity contribution in [1.29, 1.82) is 0 Å². The van der Waals surface area contributed by atoms with Crippen LogP contribution in [0.4, 0.5) is 0 Å². The van der Waals surface area contributed by atoms with Crippen LogP contribution in [-0.2, 0) is 6.54 Å². The molecule has 0 amide bonds. The Kier molecular flexibility index (Phi) is 4.66. The van der Waals surface area contributed by atoms with E-state index in [1.165, 1.54) is 0 Å². The Morgan fingerprint density at radius 1 is 1.53 bits per heavy atom. The number of hydrogen-bond donors (Lipinski definition) is 3. The zero-order valence-electron chi connectivity index (χ0n) is 8.57. The first kappa shape index (κ1) is 12.6. The molecular formula is C10H15BrN2O2. The summed E-state index contributed by atoms with van der Waals surface area (Å²) >= 11 is 3.28. The van der Waals surface area contributed by atoms with Crippen LogP contribution >= 0.6 is 15.9 Å². The number of aliphatic hydroxyl groups excluding tert-OH is 1. The Balaban J connectivity index is 2.38. The van der Waals surface area contributed by atoms with Crippen LogP contribution in [0.5, 0.6) is 0 Å². The molecule has 1 aromatic heterocycles. The van der Waals surface area contributed by atoms with E-state index in [-0.39, 0.29) is 6.61 Å². The molecule has 1 aromatic rings. The Hall–Kier alpha value is -0.490. The molecule has 15 heavy (non-hydrogen) atoms. The van der Waals surface area contributed by atoms with E-state index in [0.717, 1.165) is 10.3 Å². The second-order valence-corrected chi connectivity index (χ2v) is 4.52. The maximum atomic E-state index is 9.51. The topological polar surface area (TPSA) is 65.4 Å². The number of pyridine rings is 1. The van der Waals surface area contributed by atoms with Gasteiger partial charge in [-0.05, 0) is 35.0 Å². The van der Waals surface area contributed by atoms with E-state index in [4.69, 9.17) is 5.11 Å². The summed E-state index contributed by atoms with van der Waals surface area (Å²) in [6.07, 6.45) is 0. The van der Waals surface area contributed by atoms with Crippen LogP contribution in [0.15, 0.2) is 22.8 Å². The van der Waals surface area contributed by atoms with Crippen molar-refractivity contribution in [3.05, 3.63) is 28.5 Å². The fourth-order valence-corrected chi connectivity index (χ4v) is 1.44. The monoisotopic (exact) mass is 274 g/mol. The molecule has 3 N–H and O–H groups in total. The maximum Gasteiger partial charge on any atom is 0.106 e. The summed E-state index contributed by atoms with van der Waals surface area (Å²) in [6, 6.07) is 5.65. The van der Waals surface area contributed by atoms with Crippen molar-refractivity contribution < 1.29 is 10.2 Å². The van der Waals surface area contributed by atoms with Crippen LogP contribution < -0.4 is 5.32 Å². The maximum absolute atomic E-state index is 9.51. The Morgan fingerprint density at radius 2 is 2.27 bits per heavy atom. The molecule has 0 saturated heterocycles. The first-order chi connectivity index (χ1) is 7.03. The lowest BCUT2D eigenvalue weighted by atomic mass is 10.1. The average molecular weight is 275 g/mol. The quantitative estimate of drug-likeness (QED) is 0.691. The summed E-state index contributed by atoms with van der Waals surface area (Å²) in [5.74, 6) is 0. The van der Waals surface area contributed by atoms with Gasteiger partial charge in [-0.25, -0.2) is 4.98 Å². The minimum atomic E-state index is -1.08. The standard InChI is InChI=1S/C10H15BrN2O2/c1-10(15,7-14)6-12-5-8-3-2-4-9(11)13-8/h2-4,12,14-15H,5-7H2,1H3. The molecule has 0 aliphatic rings. The number of nitrogens with one attached hydrogen (secondary N) is 1. The van der Waals surface area contributed by atoms with E-state index >= 15 is 0 Å². The van der Waals surface area contributed by atoms with Gasteiger partial charge in [-0.3, -0.25) is 0 Å². The molecule has 0 fully saturated rings. The van der Waals surface area contributed by atoms with Crippen molar-refractivity contribution >= 4 is 15.9 Å². The van der Waals surface area contributed by atoms with E-state index < -0.39 is 5.60 Å². The predicted molar refractivity (Wildman–Crippen MR) is 61.4 cm³/mol. The number of aliphatic hydroxyl groups is 2. The molecule has 5 heteroatoms. The first-order valence-electron chi connectivity index (χ1n) is 4.69. The van der Waals surface area contributed by atoms with E-state index in [1.54, 1.807) is 6.92 Å². The highest BCUT2D eigenvalue weighted by atomic mass is 79.9. The molecule has 1 rings (SSSR count). The minimum absolute atomic E-state index is 0.258. The Labute approximate surface area is 97.5 Å². The molecule has 1 atom stereocenters. The molecular weight excluding hydrogens is 260 g/mol. The van der Waals surface area contributed by atoms with Gasteiger partial charge in [0.1, 0.15) is 4.60 Å². The highest BCUT2D eigenvalue weighted by Crippen LogP contribution is 2.06. The SMILES string of the molecule is CC(O)(CO)CNCc1cccc(Br)n1. The molecule has 1 heterocycles. The third-order valence-corrected chi connectivity index (χ3v) is 2.37. The van der Waals surface area contributed by atoms with Gasteiger partial charge in [0.25, 0.3) is 0 Å². The smallest absolute Gasteiger partial charge is 0.106 e. The summed E-state index contributed by atoms with van der Waals surface area (Å²) in [4.78, 5) is 4.23. The summed E-state index contributed by atoms with van der Waals surface area (Å²) in [6.45, 7) is 2.22. The highest BCUT2D eigenvalue weighted by molar-refractivity contribution is 9.10. The molecule has 0 aromatic carbocycles. The van der Waals surface area contributed by atoms with Gasteiger partial charge < -0.3 is 15.5 Å². The normalized spacial score (nSPS) is 14.9. The van der Waals surface area contributed by atoms with Crippen molar-refractivity contribution in [1.82, 2.24) is 10.3 Å². The zero-order chi connectivity index (χ0) is 11.3. The van der Waals surface area contributed by atoms with Crippen molar-refractivity contribution in [3.63, 3.8) is 0 Å². The third kappa shape index (κ3) is 4.70. The van der Waals surface area contributed by atoms with Gasteiger partial charge in [0.2, 0.25) is 0 Å². The van der Waals surface area contributed by atoms with Crippen LogP contribution in [0.3, 0.4) is 0 Å².